The quantitative estimate of drug-likeness (QED) is 0.925. The third-order valence-electron chi connectivity index (χ3n) is 3.18. The highest BCUT2D eigenvalue weighted by molar-refractivity contribution is 9.10. The molecule has 17 heavy (non-hydrogen) atoms. The first-order valence-corrected chi connectivity index (χ1v) is 6.94. The Labute approximate surface area is 113 Å². The Kier molecular flexibility index (Phi) is 4.78. The highest BCUT2D eigenvalue weighted by atomic mass is 79.9. The summed E-state index contributed by atoms with van der Waals surface area (Å²) < 4.78 is 3.07. The molecule has 0 aromatic carbocycles. The second kappa shape index (κ2) is 5.53. The van der Waals surface area contributed by atoms with E-state index in [-0.39, 0.29) is 5.54 Å². The van der Waals surface area contributed by atoms with Crippen LogP contribution < -0.4 is 5.32 Å². The van der Waals surface area contributed by atoms with Crippen molar-refractivity contribution in [2.75, 3.05) is 6.54 Å². The van der Waals surface area contributed by atoms with Gasteiger partial charge in [0.2, 0.25) is 0 Å². The summed E-state index contributed by atoms with van der Waals surface area (Å²) in [5.41, 5.74) is 1.45. The molecule has 2 atom stereocenters. The lowest BCUT2D eigenvalue weighted by molar-refractivity contribution is 0.353. The lowest BCUT2D eigenvalue weighted by Crippen LogP contribution is -2.39. The lowest BCUT2D eigenvalue weighted by Gasteiger charge is -2.27. The molecule has 0 aliphatic heterocycles. The van der Waals surface area contributed by atoms with E-state index in [0.717, 1.165) is 11.0 Å². The van der Waals surface area contributed by atoms with E-state index in [9.17, 15) is 0 Å². The van der Waals surface area contributed by atoms with E-state index in [0.29, 0.717) is 11.8 Å². The number of hydrogen-bond donors (Lipinski definition) is 1. The molecule has 0 bridgehead atoms. The monoisotopic (exact) mass is 301 g/mol. The van der Waals surface area contributed by atoms with Crippen LogP contribution in [0.5, 0.6) is 0 Å². The number of aromatic nitrogens is 2. The summed E-state index contributed by atoms with van der Waals surface area (Å²) in [5, 5.41) is 7.84. The minimum atomic E-state index is 0.178. The van der Waals surface area contributed by atoms with Gasteiger partial charge in [-0.1, -0.05) is 13.8 Å². The molecule has 3 nitrogen and oxygen atoms in total. The van der Waals surface area contributed by atoms with Gasteiger partial charge in [0.25, 0.3) is 0 Å². The van der Waals surface area contributed by atoms with Gasteiger partial charge in [-0.3, -0.25) is 4.68 Å². The standard InChI is InChI=1S/C13H24BrN3/c1-9(7-15-13(3,4)5)10(2)12-11(14)8-16-17(12)6/h8-10,15H,7H2,1-6H3. The van der Waals surface area contributed by atoms with E-state index in [1.54, 1.807) is 0 Å². The molecular weight excluding hydrogens is 278 g/mol. The third-order valence-corrected chi connectivity index (χ3v) is 3.79. The Balaban J connectivity index is 2.67. The molecule has 1 heterocycles. The molecule has 0 aliphatic rings. The van der Waals surface area contributed by atoms with E-state index >= 15 is 0 Å². The van der Waals surface area contributed by atoms with Crippen LogP contribution in [0.15, 0.2) is 10.7 Å². The van der Waals surface area contributed by atoms with E-state index < -0.39 is 0 Å². The van der Waals surface area contributed by atoms with Gasteiger partial charge < -0.3 is 5.32 Å². The molecule has 0 aliphatic carbocycles. The molecule has 98 valence electrons. The first-order chi connectivity index (χ1) is 7.72. The largest absolute Gasteiger partial charge is 0.312 e. The molecule has 2 unspecified atom stereocenters. The number of aryl methyl sites for hydroxylation is 1. The highest BCUT2D eigenvalue weighted by Crippen LogP contribution is 2.29. The maximum Gasteiger partial charge on any atom is 0.0635 e. The van der Waals surface area contributed by atoms with Crippen molar-refractivity contribution in [3.8, 4) is 0 Å². The van der Waals surface area contributed by atoms with Gasteiger partial charge in [-0.05, 0) is 49.2 Å². The maximum atomic E-state index is 4.28. The fourth-order valence-corrected chi connectivity index (χ4v) is 2.56. The molecule has 4 heteroatoms. The SMILES string of the molecule is CC(CNC(C)(C)C)C(C)c1c(Br)cnn1C. The molecule has 0 saturated heterocycles. The minimum absolute atomic E-state index is 0.178. The number of nitrogens with zero attached hydrogens (tertiary/aromatic N) is 2. The molecule has 1 rings (SSSR count). The first kappa shape index (κ1) is 14.7. The van der Waals surface area contributed by atoms with Crippen LogP contribution in [0.3, 0.4) is 0 Å². The summed E-state index contributed by atoms with van der Waals surface area (Å²) >= 11 is 3.57. The Hall–Kier alpha value is -0.350. The van der Waals surface area contributed by atoms with Crippen LogP contribution in [0.4, 0.5) is 0 Å². The van der Waals surface area contributed by atoms with Crippen LogP contribution in [0.1, 0.15) is 46.2 Å². The van der Waals surface area contributed by atoms with E-state index in [1.807, 2.05) is 17.9 Å². The molecule has 0 fully saturated rings. The van der Waals surface area contributed by atoms with Gasteiger partial charge in [0.05, 0.1) is 16.4 Å². The van der Waals surface area contributed by atoms with Crippen molar-refractivity contribution in [3.05, 3.63) is 16.4 Å². The van der Waals surface area contributed by atoms with Gasteiger partial charge in [0.15, 0.2) is 0 Å². The van der Waals surface area contributed by atoms with Crippen molar-refractivity contribution in [1.82, 2.24) is 15.1 Å². The van der Waals surface area contributed by atoms with Gasteiger partial charge in [0, 0.05) is 18.5 Å². The minimum Gasteiger partial charge on any atom is -0.312 e. The first-order valence-electron chi connectivity index (χ1n) is 6.15. The van der Waals surface area contributed by atoms with Gasteiger partial charge in [-0.2, -0.15) is 5.10 Å². The maximum absolute atomic E-state index is 4.28. The van der Waals surface area contributed by atoms with E-state index in [4.69, 9.17) is 0 Å². The van der Waals surface area contributed by atoms with Gasteiger partial charge in [-0.25, -0.2) is 0 Å². The zero-order valence-corrected chi connectivity index (χ0v) is 13.3. The average molecular weight is 302 g/mol. The third kappa shape index (κ3) is 4.11. The van der Waals surface area contributed by atoms with Gasteiger partial charge >= 0.3 is 0 Å². The second-order valence-corrected chi connectivity index (χ2v) is 6.75. The summed E-state index contributed by atoms with van der Waals surface area (Å²) in [6.07, 6.45) is 1.87. The summed E-state index contributed by atoms with van der Waals surface area (Å²) in [6.45, 7) is 12.2. The number of nitrogens with one attached hydrogen (secondary N) is 1. The van der Waals surface area contributed by atoms with E-state index in [2.05, 4.69) is 61.0 Å². The Morgan fingerprint density at radius 3 is 2.41 bits per heavy atom. The zero-order chi connectivity index (χ0) is 13.2. The number of halogens is 1. The van der Waals surface area contributed by atoms with Crippen LogP contribution >= 0.6 is 15.9 Å². The number of rotatable bonds is 4. The van der Waals surface area contributed by atoms with Crippen LogP contribution in [0.25, 0.3) is 0 Å². The van der Waals surface area contributed by atoms with Crippen molar-refractivity contribution in [2.24, 2.45) is 13.0 Å². The highest BCUT2D eigenvalue weighted by Gasteiger charge is 2.21. The van der Waals surface area contributed by atoms with Crippen molar-refractivity contribution in [2.45, 2.75) is 46.1 Å². The van der Waals surface area contributed by atoms with Crippen molar-refractivity contribution >= 4 is 15.9 Å². The lowest BCUT2D eigenvalue weighted by atomic mass is 9.92. The van der Waals surface area contributed by atoms with Crippen molar-refractivity contribution in [3.63, 3.8) is 0 Å². The van der Waals surface area contributed by atoms with Crippen LogP contribution in [0, 0.1) is 5.92 Å². The van der Waals surface area contributed by atoms with Gasteiger partial charge in [-0.15, -0.1) is 0 Å². The molecule has 1 N–H and O–H groups in total. The van der Waals surface area contributed by atoms with Crippen LogP contribution in [-0.2, 0) is 7.05 Å². The predicted octanol–water partition coefficient (Wildman–Crippen LogP) is 3.31. The van der Waals surface area contributed by atoms with Crippen LogP contribution in [0.2, 0.25) is 0 Å². The van der Waals surface area contributed by atoms with Crippen LogP contribution in [-0.4, -0.2) is 21.9 Å². The predicted molar refractivity (Wildman–Crippen MR) is 76.2 cm³/mol. The smallest absolute Gasteiger partial charge is 0.0635 e. The Bertz CT molecular complexity index is 346. The van der Waals surface area contributed by atoms with Crippen molar-refractivity contribution in [1.29, 1.82) is 0 Å². The Morgan fingerprint density at radius 2 is 2.00 bits per heavy atom. The molecule has 0 radical (unpaired) electrons. The zero-order valence-electron chi connectivity index (χ0n) is 11.7. The second-order valence-electron chi connectivity index (χ2n) is 5.90. The molecule has 0 spiro atoms. The summed E-state index contributed by atoms with van der Waals surface area (Å²) in [6, 6.07) is 0. The normalized spacial score (nSPS) is 15.9. The summed E-state index contributed by atoms with van der Waals surface area (Å²) in [4.78, 5) is 0. The topological polar surface area (TPSA) is 29.9 Å². The molecule has 0 amide bonds. The molecule has 0 saturated carbocycles. The fourth-order valence-electron chi connectivity index (χ4n) is 1.85. The molecule has 1 aromatic rings. The molecular formula is C13H24BrN3. The summed E-state index contributed by atoms with van der Waals surface area (Å²) in [5.74, 6) is 1.05. The Morgan fingerprint density at radius 1 is 1.41 bits per heavy atom. The molecule has 1 aromatic heterocycles. The number of hydrogen-bond acceptors (Lipinski definition) is 2. The van der Waals surface area contributed by atoms with E-state index in [1.165, 1.54) is 5.69 Å². The average Bonchev–Trinajstić information content (AvgIpc) is 2.53. The summed E-state index contributed by atoms with van der Waals surface area (Å²) in [7, 11) is 2.00. The fraction of sp³-hybridized carbons (Fsp3) is 0.769. The van der Waals surface area contributed by atoms with Crippen molar-refractivity contribution < 1.29 is 0 Å². The van der Waals surface area contributed by atoms with Gasteiger partial charge in [0.1, 0.15) is 0 Å².